The molecule has 0 aliphatic carbocycles. The van der Waals surface area contributed by atoms with Gasteiger partial charge in [0.1, 0.15) is 0 Å². The molecule has 1 rings (SSSR count). The highest BCUT2D eigenvalue weighted by atomic mass is 32.2. The van der Waals surface area contributed by atoms with Crippen molar-refractivity contribution in [3.8, 4) is 0 Å². The summed E-state index contributed by atoms with van der Waals surface area (Å²) in [5.74, 6) is -1.09. The zero-order valence-corrected chi connectivity index (χ0v) is 11.9. The Morgan fingerprint density at radius 1 is 1.32 bits per heavy atom. The van der Waals surface area contributed by atoms with E-state index in [9.17, 15) is 13.2 Å². The lowest BCUT2D eigenvalue weighted by Crippen LogP contribution is -2.39. The largest absolute Gasteiger partial charge is 0.478 e. The predicted molar refractivity (Wildman–Crippen MR) is 71.7 cm³/mol. The molecule has 7 heteroatoms. The van der Waals surface area contributed by atoms with Gasteiger partial charge in [-0.1, -0.05) is 0 Å². The first-order valence-corrected chi connectivity index (χ1v) is 7.21. The van der Waals surface area contributed by atoms with Crippen molar-refractivity contribution in [3.63, 3.8) is 0 Å². The molecule has 0 aromatic heterocycles. The average Bonchev–Trinajstić information content (AvgIpc) is 2.27. The fraction of sp³-hybridized carbons (Fsp3) is 0.417. The van der Waals surface area contributed by atoms with Gasteiger partial charge in [-0.25, -0.2) is 17.9 Å². The first-order valence-electron chi connectivity index (χ1n) is 5.73. The Morgan fingerprint density at radius 2 is 1.84 bits per heavy atom. The van der Waals surface area contributed by atoms with Crippen LogP contribution in [0.2, 0.25) is 0 Å². The predicted octanol–water partition coefficient (Wildman–Crippen LogP) is 0.613. The quantitative estimate of drug-likeness (QED) is 0.800. The number of benzene rings is 1. The van der Waals surface area contributed by atoms with Gasteiger partial charge in [-0.05, 0) is 45.3 Å². The molecule has 19 heavy (non-hydrogen) atoms. The van der Waals surface area contributed by atoms with E-state index >= 15 is 0 Å². The Bertz CT molecular complexity index is 537. The van der Waals surface area contributed by atoms with Crippen molar-refractivity contribution in [2.75, 3.05) is 20.6 Å². The molecule has 106 valence electrons. The summed E-state index contributed by atoms with van der Waals surface area (Å²) in [6.07, 6.45) is 0. The fourth-order valence-corrected chi connectivity index (χ4v) is 2.93. The molecule has 0 bridgehead atoms. The molecule has 0 radical (unpaired) electrons. The summed E-state index contributed by atoms with van der Waals surface area (Å²) in [4.78, 5) is 12.6. The van der Waals surface area contributed by atoms with Gasteiger partial charge in [0.05, 0.1) is 10.5 Å². The number of hydrogen-bond acceptors (Lipinski definition) is 4. The molecule has 2 N–H and O–H groups in total. The summed E-state index contributed by atoms with van der Waals surface area (Å²) in [5.41, 5.74) is 0.0558. The van der Waals surface area contributed by atoms with Crippen LogP contribution >= 0.6 is 0 Å². The third-order valence-electron chi connectivity index (χ3n) is 2.41. The Balaban J connectivity index is 2.85. The Kier molecular flexibility index (Phi) is 5.04. The smallest absolute Gasteiger partial charge is 0.335 e. The second-order valence-corrected chi connectivity index (χ2v) is 6.33. The van der Waals surface area contributed by atoms with Crippen LogP contribution in [0.3, 0.4) is 0 Å². The number of rotatable bonds is 6. The number of likely N-dealkylation sites (N-methyl/N-ethyl adjacent to an activating group) is 1. The maximum atomic E-state index is 12.0. The van der Waals surface area contributed by atoms with E-state index in [-0.39, 0.29) is 16.5 Å². The van der Waals surface area contributed by atoms with Crippen LogP contribution in [0.25, 0.3) is 0 Å². The van der Waals surface area contributed by atoms with Crippen LogP contribution in [-0.4, -0.2) is 51.1 Å². The van der Waals surface area contributed by atoms with Gasteiger partial charge in [-0.3, -0.25) is 0 Å². The molecule has 1 aromatic carbocycles. The molecule has 0 saturated carbocycles. The van der Waals surface area contributed by atoms with E-state index in [1.807, 2.05) is 19.0 Å². The van der Waals surface area contributed by atoms with Crippen LogP contribution in [0.1, 0.15) is 17.3 Å². The minimum atomic E-state index is -3.62. The number of sulfonamides is 1. The van der Waals surface area contributed by atoms with Crippen molar-refractivity contribution in [2.45, 2.75) is 17.9 Å². The van der Waals surface area contributed by atoms with Crippen molar-refractivity contribution in [1.82, 2.24) is 9.62 Å². The molecule has 0 heterocycles. The second-order valence-electron chi connectivity index (χ2n) is 4.61. The number of hydrogen-bond donors (Lipinski definition) is 2. The monoisotopic (exact) mass is 286 g/mol. The Labute approximate surface area is 113 Å². The van der Waals surface area contributed by atoms with E-state index in [0.29, 0.717) is 6.54 Å². The molecule has 1 unspecified atom stereocenters. The lowest BCUT2D eigenvalue weighted by molar-refractivity contribution is 0.0696. The van der Waals surface area contributed by atoms with Crippen molar-refractivity contribution >= 4 is 16.0 Å². The molecular weight excluding hydrogens is 268 g/mol. The third kappa shape index (κ3) is 4.62. The van der Waals surface area contributed by atoms with Gasteiger partial charge in [0, 0.05) is 12.6 Å². The van der Waals surface area contributed by atoms with E-state index in [1.54, 1.807) is 6.92 Å². The topological polar surface area (TPSA) is 86.7 Å². The molecule has 1 atom stereocenters. The zero-order chi connectivity index (χ0) is 14.6. The lowest BCUT2D eigenvalue weighted by atomic mass is 10.2. The van der Waals surface area contributed by atoms with E-state index < -0.39 is 16.0 Å². The van der Waals surface area contributed by atoms with Crippen molar-refractivity contribution < 1.29 is 18.3 Å². The second kappa shape index (κ2) is 6.14. The molecule has 0 spiro atoms. The number of nitrogens with zero attached hydrogens (tertiary/aromatic N) is 1. The molecule has 0 saturated heterocycles. The number of carboxylic acids is 1. The highest BCUT2D eigenvalue weighted by molar-refractivity contribution is 7.89. The summed E-state index contributed by atoms with van der Waals surface area (Å²) in [6.45, 7) is 2.34. The summed E-state index contributed by atoms with van der Waals surface area (Å²) < 4.78 is 26.6. The van der Waals surface area contributed by atoms with Gasteiger partial charge in [-0.15, -0.1) is 0 Å². The van der Waals surface area contributed by atoms with Gasteiger partial charge in [0.15, 0.2) is 0 Å². The maximum Gasteiger partial charge on any atom is 0.335 e. The summed E-state index contributed by atoms with van der Waals surface area (Å²) in [5, 5.41) is 8.75. The van der Waals surface area contributed by atoms with Gasteiger partial charge in [0.25, 0.3) is 0 Å². The van der Waals surface area contributed by atoms with Crippen molar-refractivity contribution in [3.05, 3.63) is 29.8 Å². The SMILES string of the molecule is CC(CN(C)C)NS(=O)(=O)c1ccc(C(=O)O)cc1. The minimum Gasteiger partial charge on any atom is -0.478 e. The summed E-state index contributed by atoms with van der Waals surface area (Å²) >= 11 is 0. The zero-order valence-electron chi connectivity index (χ0n) is 11.1. The number of carbonyl (C=O) groups is 1. The van der Waals surface area contributed by atoms with E-state index in [0.717, 1.165) is 0 Å². The normalized spacial score (nSPS) is 13.5. The van der Waals surface area contributed by atoms with Crippen LogP contribution in [-0.2, 0) is 10.0 Å². The maximum absolute atomic E-state index is 12.0. The summed E-state index contributed by atoms with van der Waals surface area (Å²) in [7, 11) is 0.0901. The highest BCUT2D eigenvalue weighted by Crippen LogP contribution is 2.11. The highest BCUT2D eigenvalue weighted by Gasteiger charge is 2.18. The standard InChI is InChI=1S/C12H18N2O4S/c1-9(8-14(2)3)13-19(17,18)11-6-4-10(5-7-11)12(15)16/h4-7,9,13H,8H2,1-3H3,(H,15,16). The molecule has 1 aromatic rings. The first kappa shape index (κ1) is 15.6. The minimum absolute atomic E-state index is 0.0558. The molecule has 0 amide bonds. The van der Waals surface area contributed by atoms with Gasteiger partial charge in [0.2, 0.25) is 10.0 Å². The van der Waals surface area contributed by atoms with E-state index in [4.69, 9.17) is 5.11 Å². The van der Waals surface area contributed by atoms with Crippen molar-refractivity contribution in [1.29, 1.82) is 0 Å². The fourth-order valence-electron chi connectivity index (χ4n) is 1.69. The molecule has 0 aliphatic rings. The lowest BCUT2D eigenvalue weighted by Gasteiger charge is -2.18. The molecule has 6 nitrogen and oxygen atoms in total. The van der Waals surface area contributed by atoms with Gasteiger partial charge >= 0.3 is 5.97 Å². The van der Waals surface area contributed by atoms with Crippen LogP contribution in [0.4, 0.5) is 0 Å². The first-order chi connectivity index (χ1) is 8.72. The number of nitrogens with one attached hydrogen (secondary N) is 1. The van der Waals surface area contributed by atoms with Crippen molar-refractivity contribution in [2.24, 2.45) is 0 Å². The van der Waals surface area contributed by atoms with Gasteiger partial charge in [-0.2, -0.15) is 0 Å². The van der Waals surface area contributed by atoms with E-state index in [1.165, 1.54) is 24.3 Å². The van der Waals surface area contributed by atoms with Gasteiger partial charge < -0.3 is 10.0 Å². The Morgan fingerprint density at radius 3 is 2.26 bits per heavy atom. The van der Waals surface area contributed by atoms with Crippen LogP contribution < -0.4 is 4.72 Å². The van der Waals surface area contributed by atoms with Crippen LogP contribution in [0.15, 0.2) is 29.2 Å². The van der Waals surface area contributed by atoms with E-state index in [2.05, 4.69) is 4.72 Å². The molecular formula is C12H18N2O4S. The number of aromatic carboxylic acids is 1. The number of carboxylic acid groups (broad SMARTS) is 1. The molecule has 0 fully saturated rings. The Hall–Kier alpha value is -1.44. The van der Waals surface area contributed by atoms with Crippen LogP contribution in [0, 0.1) is 0 Å². The summed E-state index contributed by atoms with van der Waals surface area (Å²) in [6, 6.07) is 4.88. The molecule has 0 aliphatic heterocycles. The third-order valence-corrected chi connectivity index (χ3v) is 4.01. The van der Waals surface area contributed by atoms with Crippen LogP contribution in [0.5, 0.6) is 0 Å². The average molecular weight is 286 g/mol.